The SMILES string of the molecule is CS(=O)(=O)c1ccc(N2CC(O)(C(F)(F)F)N=C2c2ccc(-c3ccco3)cc2)cc1. The number of alkyl halides is 3. The van der Waals surface area contributed by atoms with Crippen molar-refractivity contribution < 1.29 is 31.1 Å². The van der Waals surface area contributed by atoms with Crippen LogP contribution in [0.4, 0.5) is 18.9 Å². The van der Waals surface area contributed by atoms with Gasteiger partial charge >= 0.3 is 6.18 Å². The van der Waals surface area contributed by atoms with E-state index in [-0.39, 0.29) is 16.4 Å². The third kappa shape index (κ3) is 3.96. The number of nitrogens with zero attached hydrogens (tertiary/aromatic N) is 2. The maximum Gasteiger partial charge on any atom is 0.440 e. The topological polar surface area (TPSA) is 83.1 Å². The molecule has 2 aromatic carbocycles. The van der Waals surface area contributed by atoms with Gasteiger partial charge in [0.1, 0.15) is 11.6 Å². The number of aliphatic imine (C=N–C) groups is 1. The summed E-state index contributed by atoms with van der Waals surface area (Å²) in [6.07, 6.45) is -2.45. The van der Waals surface area contributed by atoms with Crippen LogP contribution >= 0.6 is 0 Å². The second-order valence-corrected chi connectivity index (χ2v) is 9.17. The van der Waals surface area contributed by atoms with Crippen LogP contribution in [0.15, 0.2) is 81.2 Å². The third-order valence-electron chi connectivity index (χ3n) is 4.90. The van der Waals surface area contributed by atoms with Crippen molar-refractivity contribution in [2.75, 3.05) is 17.7 Å². The molecule has 1 aliphatic rings. The Morgan fingerprint density at radius 2 is 1.65 bits per heavy atom. The summed E-state index contributed by atoms with van der Waals surface area (Å²) in [5.41, 5.74) is -1.95. The van der Waals surface area contributed by atoms with Crippen molar-refractivity contribution in [1.29, 1.82) is 0 Å². The Kier molecular flexibility index (Phi) is 4.94. The number of hydrogen-bond donors (Lipinski definition) is 1. The van der Waals surface area contributed by atoms with Gasteiger partial charge in [0.2, 0.25) is 0 Å². The number of halogens is 3. The fraction of sp³-hybridized carbons (Fsp3) is 0.190. The third-order valence-corrected chi connectivity index (χ3v) is 6.03. The minimum absolute atomic E-state index is 0.0304. The summed E-state index contributed by atoms with van der Waals surface area (Å²) in [5, 5.41) is 10.2. The van der Waals surface area contributed by atoms with Crippen molar-refractivity contribution in [2.45, 2.75) is 16.8 Å². The number of hydrogen-bond acceptors (Lipinski definition) is 6. The predicted octanol–water partition coefficient (Wildman–Crippen LogP) is 3.87. The number of β-amino-alcohol motifs (C(OH)–C–C–N with tert-alkyl or cyclic N) is 1. The summed E-state index contributed by atoms with van der Waals surface area (Å²) in [7, 11) is -3.47. The van der Waals surface area contributed by atoms with Crippen LogP contribution < -0.4 is 4.90 Å². The van der Waals surface area contributed by atoms with E-state index in [1.807, 2.05) is 0 Å². The molecule has 2 heterocycles. The van der Waals surface area contributed by atoms with Crippen molar-refractivity contribution >= 4 is 21.4 Å². The first-order chi connectivity index (χ1) is 14.5. The smallest absolute Gasteiger partial charge is 0.440 e. The molecule has 0 radical (unpaired) electrons. The molecule has 1 aromatic heterocycles. The molecule has 0 aliphatic carbocycles. The van der Waals surface area contributed by atoms with Gasteiger partial charge in [0, 0.05) is 23.1 Å². The Labute approximate surface area is 176 Å². The molecule has 0 spiro atoms. The van der Waals surface area contributed by atoms with Gasteiger partial charge in [-0.2, -0.15) is 13.2 Å². The fourth-order valence-electron chi connectivity index (χ4n) is 3.25. The van der Waals surface area contributed by atoms with Gasteiger partial charge in [0.15, 0.2) is 9.84 Å². The Hall–Kier alpha value is -3.11. The number of rotatable bonds is 4. The van der Waals surface area contributed by atoms with Gasteiger partial charge in [0.05, 0.1) is 17.7 Å². The van der Waals surface area contributed by atoms with E-state index < -0.39 is 28.3 Å². The zero-order chi connectivity index (χ0) is 22.4. The lowest BCUT2D eigenvalue weighted by molar-refractivity contribution is -0.249. The molecule has 162 valence electrons. The molecule has 0 bridgehead atoms. The Balaban J connectivity index is 1.75. The lowest BCUT2D eigenvalue weighted by Crippen LogP contribution is -2.47. The molecule has 0 amide bonds. The van der Waals surface area contributed by atoms with E-state index in [1.165, 1.54) is 35.4 Å². The predicted molar refractivity (Wildman–Crippen MR) is 109 cm³/mol. The van der Waals surface area contributed by atoms with Gasteiger partial charge in [0.25, 0.3) is 5.72 Å². The minimum atomic E-state index is -4.99. The van der Waals surface area contributed by atoms with Crippen LogP contribution in [-0.4, -0.2) is 44.1 Å². The number of sulfone groups is 1. The molecule has 31 heavy (non-hydrogen) atoms. The molecule has 0 saturated heterocycles. The van der Waals surface area contributed by atoms with Gasteiger partial charge in [-0.1, -0.05) is 24.3 Å². The molecule has 1 unspecified atom stereocenters. The average Bonchev–Trinajstić information content (AvgIpc) is 3.36. The Bertz CT molecular complexity index is 1220. The van der Waals surface area contributed by atoms with Gasteiger partial charge in [-0.15, -0.1) is 0 Å². The van der Waals surface area contributed by atoms with Crippen LogP contribution in [0.2, 0.25) is 0 Å². The summed E-state index contributed by atoms with van der Waals surface area (Å²) in [5.74, 6) is 0.512. The van der Waals surface area contributed by atoms with Crippen molar-refractivity contribution in [3.05, 3.63) is 72.5 Å². The lowest BCUT2D eigenvalue weighted by atomic mass is 10.1. The van der Waals surface area contributed by atoms with Crippen molar-refractivity contribution in [1.82, 2.24) is 0 Å². The number of anilines is 1. The van der Waals surface area contributed by atoms with E-state index in [0.29, 0.717) is 11.3 Å². The van der Waals surface area contributed by atoms with Crippen LogP contribution in [0.25, 0.3) is 11.3 Å². The van der Waals surface area contributed by atoms with E-state index in [4.69, 9.17) is 4.42 Å². The van der Waals surface area contributed by atoms with Gasteiger partial charge in [-0.3, -0.25) is 0 Å². The van der Waals surface area contributed by atoms with Gasteiger partial charge in [-0.25, -0.2) is 13.4 Å². The maximum absolute atomic E-state index is 13.5. The van der Waals surface area contributed by atoms with Crippen molar-refractivity contribution in [3.63, 3.8) is 0 Å². The zero-order valence-electron chi connectivity index (χ0n) is 16.2. The summed E-state index contributed by atoms with van der Waals surface area (Å²) in [6, 6.07) is 15.3. The molecule has 3 aromatic rings. The second-order valence-electron chi connectivity index (χ2n) is 7.16. The van der Waals surface area contributed by atoms with Crippen molar-refractivity contribution in [3.8, 4) is 11.3 Å². The highest BCUT2D eigenvalue weighted by atomic mass is 32.2. The zero-order valence-corrected chi connectivity index (χ0v) is 17.0. The quantitative estimate of drug-likeness (QED) is 0.653. The summed E-state index contributed by atoms with van der Waals surface area (Å²) >= 11 is 0. The van der Waals surface area contributed by atoms with Gasteiger partial charge < -0.3 is 14.4 Å². The van der Waals surface area contributed by atoms with E-state index in [9.17, 15) is 26.7 Å². The highest BCUT2D eigenvalue weighted by Gasteiger charge is 2.58. The first kappa shape index (κ1) is 21.1. The highest BCUT2D eigenvalue weighted by molar-refractivity contribution is 7.90. The number of furan rings is 1. The van der Waals surface area contributed by atoms with Crippen LogP contribution in [0.1, 0.15) is 5.56 Å². The van der Waals surface area contributed by atoms with E-state index in [1.54, 1.807) is 36.4 Å². The maximum atomic E-state index is 13.5. The summed E-state index contributed by atoms with van der Waals surface area (Å²) in [6.45, 7) is -0.857. The Morgan fingerprint density at radius 1 is 1.03 bits per heavy atom. The molecule has 10 heteroatoms. The molecule has 1 aliphatic heterocycles. The molecule has 6 nitrogen and oxygen atoms in total. The average molecular weight is 450 g/mol. The van der Waals surface area contributed by atoms with E-state index in [2.05, 4.69) is 4.99 Å². The molecule has 1 atom stereocenters. The minimum Gasteiger partial charge on any atom is -0.464 e. The lowest BCUT2D eigenvalue weighted by Gasteiger charge is -2.25. The molecule has 0 saturated carbocycles. The van der Waals surface area contributed by atoms with E-state index in [0.717, 1.165) is 11.8 Å². The highest BCUT2D eigenvalue weighted by Crippen LogP contribution is 2.39. The number of aliphatic hydroxyl groups is 1. The number of amidine groups is 1. The van der Waals surface area contributed by atoms with Crippen molar-refractivity contribution in [2.24, 2.45) is 4.99 Å². The van der Waals surface area contributed by atoms with Crippen LogP contribution in [0.3, 0.4) is 0 Å². The molecule has 0 fully saturated rings. The standard InChI is InChI=1S/C21H17F3N2O4S/c1-31(28,29)17-10-8-16(9-11-17)26-13-20(27,21(22,23)24)25-19(26)15-6-4-14(5-7-15)18-3-2-12-30-18/h2-12,27H,13H2,1H3. The molecular formula is C21H17F3N2O4S. The molecule has 1 N–H and O–H groups in total. The first-order valence-corrected chi connectivity index (χ1v) is 11.0. The molecule has 4 rings (SSSR count). The van der Waals surface area contributed by atoms with Crippen LogP contribution in [-0.2, 0) is 9.84 Å². The number of benzene rings is 2. The normalized spacial score (nSPS) is 19.5. The van der Waals surface area contributed by atoms with E-state index >= 15 is 0 Å². The summed E-state index contributed by atoms with van der Waals surface area (Å²) in [4.78, 5) is 4.85. The van der Waals surface area contributed by atoms with Crippen LogP contribution in [0, 0.1) is 0 Å². The second kappa shape index (κ2) is 7.24. The van der Waals surface area contributed by atoms with Gasteiger partial charge in [-0.05, 0) is 36.4 Å². The Morgan fingerprint density at radius 3 is 2.16 bits per heavy atom. The summed E-state index contributed by atoms with van der Waals surface area (Å²) < 4.78 is 69.2. The van der Waals surface area contributed by atoms with Crippen LogP contribution in [0.5, 0.6) is 0 Å². The monoisotopic (exact) mass is 450 g/mol. The molecular weight excluding hydrogens is 433 g/mol. The first-order valence-electron chi connectivity index (χ1n) is 9.09. The largest absolute Gasteiger partial charge is 0.464 e. The fourth-order valence-corrected chi connectivity index (χ4v) is 3.88.